The van der Waals surface area contributed by atoms with Crippen molar-refractivity contribution >= 4 is 24.1 Å². The van der Waals surface area contributed by atoms with Crippen LogP contribution in [0.5, 0.6) is 23.0 Å². The van der Waals surface area contributed by atoms with Gasteiger partial charge in [-0.1, -0.05) is 48.5 Å². The number of hydrazone groups is 1. The first-order valence-electron chi connectivity index (χ1n) is 11.8. The van der Waals surface area contributed by atoms with Crippen molar-refractivity contribution in [2.75, 3.05) is 13.7 Å². The Balaban J connectivity index is 1.47. The third-order valence-electron chi connectivity index (χ3n) is 5.24. The van der Waals surface area contributed by atoms with Crippen molar-refractivity contribution in [1.82, 2.24) is 5.43 Å². The summed E-state index contributed by atoms with van der Waals surface area (Å²) < 4.78 is 21.7. The van der Waals surface area contributed by atoms with E-state index in [1.54, 1.807) is 91.0 Å². The lowest BCUT2D eigenvalue weighted by Crippen LogP contribution is -2.24. The van der Waals surface area contributed by atoms with E-state index in [4.69, 9.17) is 18.9 Å². The SMILES string of the molecule is COc1ccccc1OCC(=O)N/N=C\c1ccc(OC(=O)c2ccccc2)cc1OC(=O)c1ccccc1. The van der Waals surface area contributed by atoms with Gasteiger partial charge in [0.05, 0.1) is 24.5 Å². The van der Waals surface area contributed by atoms with Gasteiger partial charge in [0, 0.05) is 11.6 Å². The van der Waals surface area contributed by atoms with E-state index >= 15 is 0 Å². The van der Waals surface area contributed by atoms with Crippen LogP contribution < -0.4 is 24.4 Å². The van der Waals surface area contributed by atoms with Gasteiger partial charge in [0.15, 0.2) is 18.1 Å². The maximum Gasteiger partial charge on any atom is 0.343 e. The summed E-state index contributed by atoms with van der Waals surface area (Å²) in [4.78, 5) is 37.4. The number of rotatable bonds is 10. The topological polar surface area (TPSA) is 113 Å². The number of carbonyl (C=O) groups is 3. The van der Waals surface area contributed by atoms with E-state index < -0.39 is 17.8 Å². The molecule has 0 aromatic heterocycles. The second-order valence-corrected chi connectivity index (χ2v) is 7.94. The van der Waals surface area contributed by atoms with E-state index in [2.05, 4.69) is 10.5 Å². The van der Waals surface area contributed by atoms with Crippen LogP contribution in [-0.2, 0) is 4.79 Å². The number of amides is 1. The van der Waals surface area contributed by atoms with Crippen LogP contribution in [0.25, 0.3) is 0 Å². The van der Waals surface area contributed by atoms with Crippen LogP contribution in [0.1, 0.15) is 26.3 Å². The molecule has 9 heteroatoms. The van der Waals surface area contributed by atoms with Crippen LogP contribution in [0.3, 0.4) is 0 Å². The molecule has 0 atom stereocenters. The van der Waals surface area contributed by atoms with Crippen molar-refractivity contribution in [3.05, 3.63) is 120 Å². The normalized spacial score (nSPS) is 10.5. The molecule has 4 aromatic carbocycles. The minimum absolute atomic E-state index is 0.0745. The Kier molecular flexibility index (Phi) is 9.01. The van der Waals surface area contributed by atoms with Gasteiger partial charge in [0.1, 0.15) is 11.5 Å². The standard InChI is InChI=1S/C30H24N2O7/c1-36-25-14-8-9-15-26(25)37-20-28(33)32-31-19-23-16-17-24(38-29(34)21-10-4-2-5-11-21)18-27(23)39-30(35)22-12-6-3-7-13-22/h2-19H,20H2,1H3,(H,32,33)/b31-19-. The molecule has 0 spiro atoms. The lowest BCUT2D eigenvalue weighted by atomic mass is 10.2. The van der Waals surface area contributed by atoms with E-state index in [0.29, 0.717) is 28.2 Å². The third kappa shape index (κ3) is 7.53. The van der Waals surface area contributed by atoms with Crippen molar-refractivity contribution < 1.29 is 33.3 Å². The summed E-state index contributed by atoms with van der Waals surface area (Å²) in [5, 5.41) is 3.94. The Morgan fingerprint density at radius 2 is 1.31 bits per heavy atom. The van der Waals surface area contributed by atoms with Gasteiger partial charge in [0.2, 0.25) is 0 Å². The average molecular weight is 525 g/mol. The van der Waals surface area contributed by atoms with Crippen LogP contribution in [-0.4, -0.2) is 37.8 Å². The second kappa shape index (κ2) is 13.2. The maximum absolute atomic E-state index is 12.7. The van der Waals surface area contributed by atoms with E-state index in [1.165, 1.54) is 25.5 Å². The van der Waals surface area contributed by atoms with Gasteiger partial charge in [-0.25, -0.2) is 15.0 Å². The highest BCUT2D eigenvalue weighted by Gasteiger charge is 2.15. The fourth-order valence-electron chi connectivity index (χ4n) is 3.33. The predicted molar refractivity (Wildman–Crippen MR) is 143 cm³/mol. The van der Waals surface area contributed by atoms with Crippen LogP contribution in [0.15, 0.2) is 108 Å². The summed E-state index contributed by atoms with van der Waals surface area (Å²) in [5.74, 6) is -0.572. The van der Waals surface area contributed by atoms with Crippen molar-refractivity contribution in [2.45, 2.75) is 0 Å². The Bertz CT molecular complexity index is 1470. The molecule has 0 radical (unpaired) electrons. The summed E-state index contributed by atoms with van der Waals surface area (Å²) >= 11 is 0. The molecule has 1 amide bonds. The number of hydrogen-bond acceptors (Lipinski definition) is 8. The zero-order chi connectivity index (χ0) is 27.5. The van der Waals surface area contributed by atoms with Gasteiger partial charge in [-0.3, -0.25) is 4.79 Å². The average Bonchev–Trinajstić information content (AvgIpc) is 2.98. The van der Waals surface area contributed by atoms with Crippen LogP contribution in [0.4, 0.5) is 0 Å². The fraction of sp³-hybridized carbons (Fsp3) is 0.0667. The van der Waals surface area contributed by atoms with Crippen LogP contribution in [0.2, 0.25) is 0 Å². The number of ether oxygens (including phenoxy) is 4. The number of methoxy groups -OCH3 is 1. The van der Waals surface area contributed by atoms with Gasteiger partial charge >= 0.3 is 11.9 Å². The molecule has 4 aromatic rings. The van der Waals surface area contributed by atoms with E-state index in [1.807, 2.05) is 0 Å². The molecule has 196 valence electrons. The second-order valence-electron chi connectivity index (χ2n) is 7.94. The van der Waals surface area contributed by atoms with Crippen LogP contribution >= 0.6 is 0 Å². The van der Waals surface area contributed by atoms with Gasteiger partial charge in [-0.05, 0) is 48.5 Å². The highest BCUT2D eigenvalue weighted by Crippen LogP contribution is 2.26. The number of para-hydroxylation sites is 2. The molecule has 1 N–H and O–H groups in total. The highest BCUT2D eigenvalue weighted by molar-refractivity contribution is 5.94. The molecular weight excluding hydrogens is 500 g/mol. The molecule has 39 heavy (non-hydrogen) atoms. The summed E-state index contributed by atoms with van der Waals surface area (Å²) in [6, 6.07) is 28.3. The molecule has 0 bridgehead atoms. The first kappa shape index (κ1) is 26.6. The Morgan fingerprint density at radius 1 is 0.718 bits per heavy atom. The number of nitrogens with zero attached hydrogens (tertiary/aromatic N) is 1. The van der Waals surface area contributed by atoms with E-state index in [0.717, 1.165) is 0 Å². The molecule has 0 saturated carbocycles. The Hall–Kier alpha value is -5.44. The van der Waals surface area contributed by atoms with Crippen molar-refractivity contribution in [1.29, 1.82) is 0 Å². The molecular formula is C30H24N2O7. The minimum atomic E-state index is -0.619. The first-order chi connectivity index (χ1) is 19.0. The number of esters is 2. The monoisotopic (exact) mass is 524 g/mol. The third-order valence-corrected chi connectivity index (χ3v) is 5.24. The summed E-state index contributed by atoms with van der Waals surface area (Å²) in [5.41, 5.74) is 3.40. The van der Waals surface area contributed by atoms with E-state index in [-0.39, 0.29) is 18.1 Å². The quantitative estimate of drug-likeness (QED) is 0.139. The lowest BCUT2D eigenvalue weighted by molar-refractivity contribution is -0.123. The summed E-state index contributed by atoms with van der Waals surface area (Å²) in [6.45, 7) is -0.304. The fourth-order valence-corrected chi connectivity index (χ4v) is 3.33. The molecule has 4 rings (SSSR count). The van der Waals surface area contributed by atoms with Gasteiger partial charge in [-0.15, -0.1) is 0 Å². The maximum atomic E-state index is 12.7. The van der Waals surface area contributed by atoms with Gasteiger partial charge < -0.3 is 18.9 Å². The smallest absolute Gasteiger partial charge is 0.343 e. The summed E-state index contributed by atoms with van der Waals surface area (Å²) in [7, 11) is 1.50. The predicted octanol–water partition coefficient (Wildman–Crippen LogP) is 4.66. The molecule has 9 nitrogen and oxygen atoms in total. The van der Waals surface area contributed by atoms with Crippen LogP contribution in [0, 0.1) is 0 Å². The number of hydrogen-bond donors (Lipinski definition) is 1. The zero-order valence-electron chi connectivity index (χ0n) is 20.9. The Morgan fingerprint density at radius 3 is 1.95 bits per heavy atom. The summed E-state index contributed by atoms with van der Waals surface area (Å²) in [6.07, 6.45) is 1.30. The minimum Gasteiger partial charge on any atom is -0.493 e. The zero-order valence-corrected chi connectivity index (χ0v) is 20.9. The number of benzene rings is 4. The number of nitrogens with one attached hydrogen (secondary N) is 1. The van der Waals surface area contributed by atoms with Crippen molar-refractivity contribution in [2.24, 2.45) is 5.10 Å². The van der Waals surface area contributed by atoms with Crippen molar-refractivity contribution in [3.63, 3.8) is 0 Å². The first-order valence-corrected chi connectivity index (χ1v) is 11.8. The lowest BCUT2D eigenvalue weighted by Gasteiger charge is -2.11. The highest BCUT2D eigenvalue weighted by atomic mass is 16.5. The molecule has 0 aliphatic heterocycles. The molecule has 0 unspecified atom stereocenters. The Labute approximate surface area is 224 Å². The molecule has 0 aliphatic carbocycles. The molecule has 0 saturated heterocycles. The molecule has 0 fully saturated rings. The van der Waals surface area contributed by atoms with Gasteiger partial charge in [-0.2, -0.15) is 5.10 Å². The van der Waals surface area contributed by atoms with E-state index in [9.17, 15) is 14.4 Å². The van der Waals surface area contributed by atoms with Gasteiger partial charge in [0.25, 0.3) is 5.91 Å². The number of carbonyl (C=O) groups excluding carboxylic acids is 3. The molecule has 0 aliphatic rings. The molecule has 0 heterocycles. The largest absolute Gasteiger partial charge is 0.493 e. The van der Waals surface area contributed by atoms with Crippen molar-refractivity contribution in [3.8, 4) is 23.0 Å².